The molecule has 0 radical (unpaired) electrons. The number of hydrogen-bond acceptors (Lipinski definition) is 3. The average molecular weight is 345 g/mol. The zero-order chi connectivity index (χ0) is 15.4. The lowest BCUT2D eigenvalue weighted by Gasteiger charge is -2.20. The number of ether oxygens (including phenoxy) is 1. The Bertz CT molecular complexity index is 641. The summed E-state index contributed by atoms with van der Waals surface area (Å²) in [5.41, 5.74) is 1.13. The highest BCUT2D eigenvalue weighted by atomic mass is 35.5. The molecule has 0 heterocycles. The van der Waals surface area contributed by atoms with E-state index in [0.717, 1.165) is 0 Å². The highest BCUT2D eigenvalue weighted by molar-refractivity contribution is 6.36. The number of methoxy groups -OCH3 is 1. The van der Waals surface area contributed by atoms with Crippen molar-refractivity contribution in [2.24, 2.45) is 0 Å². The van der Waals surface area contributed by atoms with Gasteiger partial charge in [-0.2, -0.15) is 0 Å². The highest BCUT2D eigenvalue weighted by Gasteiger charge is 2.26. The molecule has 0 aliphatic heterocycles. The van der Waals surface area contributed by atoms with Crippen LogP contribution in [0.5, 0.6) is 0 Å². The van der Waals surface area contributed by atoms with Crippen LogP contribution in [0.2, 0.25) is 15.1 Å². The summed E-state index contributed by atoms with van der Waals surface area (Å²) >= 11 is 18.3. The van der Waals surface area contributed by atoms with Crippen molar-refractivity contribution in [2.75, 3.05) is 12.4 Å². The molecule has 0 aliphatic carbocycles. The molecule has 0 saturated carbocycles. The van der Waals surface area contributed by atoms with Gasteiger partial charge in [0.15, 0.2) is 6.04 Å². The summed E-state index contributed by atoms with van der Waals surface area (Å²) in [6.45, 7) is 0. The Hall–Kier alpha value is -1.42. The molecule has 0 spiro atoms. The monoisotopic (exact) mass is 343 g/mol. The van der Waals surface area contributed by atoms with Gasteiger partial charge in [-0.25, -0.2) is 4.79 Å². The van der Waals surface area contributed by atoms with Gasteiger partial charge in [-0.05, 0) is 30.3 Å². The summed E-state index contributed by atoms with van der Waals surface area (Å²) in [4.78, 5) is 12.1. The first-order valence-electron chi connectivity index (χ1n) is 6.06. The average Bonchev–Trinajstić information content (AvgIpc) is 2.45. The minimum Gasteiger partial charge on any atom is -0.467 e. The number of benzene rings is 2. The Morgan fingerprint density at radius 2 is 1.71 bits per heavy atom. The van der Waals surface area contributed by atoms with E-state index in [-0.39, 0.29) is 0 Å². The molecular formula is C15H12Cl3NO2. The van der Waals surface area contributed by atoms with Crippen LogP contribution in [0.1, 0.15) is 11.6 Å². The second-order valence-corrected chi connectivity index (χ2v) is 5.50. The molecule has 1 atom stereocenters. The van der Waals surface area contributed by atoms with Gasteiger partial charge in [0.2, 0.25) is 0 Å². The van der Waals surface area contributed by atoms with Crippen molar-refractivity contribution in [1.82, 2.24) is 0 Å². The molecule has 110 valence electrons. The highest BCUT2D eigenvalue weighted by Crippen LogP contribution is 2.33. The minimum absolute atomic E-state index is 0.382. The van der Waals surface area contributed by atoms with Crippen molar-refractivity contribution >= 4 is 46.5 Å². The van der Waals surface area contributed by atoms with Gasteiger partial charge in [0, 0.05) is 26.3 Å². The second-order valence-electron chi connectivity index (χ2n) is 4.25. The predicted octanol–water partition coefficient (Wildman–Crippen LogP) is 4.97. The molecule has 0 amide bonds. The molecule has 0 aliphatic rings. The topological polar surface area (TPSA) is 38.3 Å². The standard InChI is InChI=1S/C15H12Cl3NO2/c1-21-15(20)14(13-11(17)6-3-7-12(13)18)19-10-5-2-4-9(16)8-10/h2-8,14,19H,1H3. The van der Waals surface area contributed by atoms with Gasteiger partial charge in [0.05, 0.1) is 7.11 Å². The molecule has 0 bridgehead atoms. The summed E-state index contributed by atoms with van der Waals surface area (Å²) in [6.07, 6.45) is 0. The zero-order valence-electron chi connectivity index (χ0n) is 11.1. The largest absolute Gasteiger partial charge is 0.467 e. The predicted molar refractivity (Wildman–Crippen MR) is 86.3 cm³/mol. The van der Waals surface area contributed by atoms with Crippen LogP contribution in [0.15, 0.2) is 42.5 Å². The number of rotatable bonds is 4. The van der Waals surface area contributed by atoms with E-state index in [4.69, 9.17) is 39.5 Å². The van der Waals surface area contributed by atoms with Gasteiger partial charge < -0.3 is 10.1 Å². The van der Waals surface area contributed by atoms with E-state index in [1.165, 1.54) is 7.11 Å². The lowest BCUT2D eigenvalue weighted by Crippen LogP contribution is -2.23. The molecule has 0 saturated heterocycles. The van der Waals surface area contributed by atoms with Gasteiger partial charge >= 0.3 is 5.97 Å². The fourth-order valence-electron chi connectivity index (χ4n) is 1.90. The number of esters is 1. The van der Waals surface area contributed by atoms with Gasteiger partial charge in [-0.3, -0.25) is 0 Å². The van der Waals surface area contributed by atoms with E-state index in [0.29, 0.717) is 26.3 Å². The van der Waals surface area contributed by atoms with Crippen molar-refractivity contribution in [3.05, 3.63) is 63.1 Å². The van der Waals surface area contributed by atoms with Crippen LogP contribution >= 0.6 is 34.8 Å². The Kier molecular flexibility index (Phi) is 5.34. The normalized spacial score (nSPS) is 11.8. The molecule has 21 heavy (non-hydrogen) atoms. The van der Waals surface area contributed by atoms with E-state index in [1.807, 2.05) is 0 Å². The zero-order valence-corrected chi connectivity index (χ0v) is 13.3. The first-order valence-corrected chi connectivity index (χ1v) is 7.20. The van der Waals surface area contributed by atoms with Gasteiger partial charge in [-0.15, -0.1) is 0 Å². The van der Waals surface area contributed by atoms with E-state index >= 15 is 0 Å². The Morgan fingerprint density at radius 3 is 2.29 bits per heavy atom. The Morgan fingerprint density at radius 1 is 1.10 bits per heavy atom. The van der Waals surface area contributed by atoms with Crippen LogP contribution in [0.25, 0.3) is 0 Å². The summed E-state index contributed by atoms with van der Waals surface area (Å²) in [5, 5.41) is 4.35. The van der Waals surface area contributed by atoms with E-state index in [9.17, 15) is 4.79 Å². The Balaban J connectivity index is 2.42. The van der Waals surface area contributed by atoms with Crippen molar-refractivity contribution in [3.8, 4) is 0 Å². The quantitative estimate of drug-likeness (QED) is 0.796. The smallest absolute Gasteiger partial charge is 0.333 e. The van der Waals surface area contributed by atoms with Crippen LogP contribution in [0.4, 0.5) is 5.69 Å². The van der Waals surface area contributed by atoms with Crippen molar-refractivity contribution in [1.29, 1.82) is 0 Å². The minimum atomic E-state index is -0.824. The summed E-state index contributed by atoms with van der Waals surface area (Å²) in [5.74, 6) is -0.495. The fourth-order valence-corrected chi connectivity index (χ4v) is 2.70. The molecule has 0 fully saturated rings. The van der Waals surface area contributed by atoms with Crippen molar-refractivity contribution < 1.29 is 9.53 Å². The molecule has 2 rings (SSSR count). The summed E-state index contributed by atoms with van der Waals surface area (Å²) < 4.78 is 4.83. The number of carbonyl (C=O) groups excluding carboxylic acids is 1. The maximum Gasteiger partial charge on any atom is 0.333 e. The Labute approximate surface area is 137 Å². The number of anilines is 1. The number of nitrogens with one attached hydrogen (secondary N) is 1. The molecule has 2 aromatic rings. The number of hydrogen-bond donors (Lipinski definition) is 1. The molecule has 1 unspecified atom stereocenters. The third-order valence-electron chi connectivity index (χ3n) is 2.86. The first kappa shape index (κ1) is 16.0. The van der Waals surface area contributed by atoms with Crippen LogP contribution in [-0.4, -0.2) is 13.1 Å². The molecular weight excluding hydrogens is 333 g/mol. The molecule has 1 N–H and O–H groups in total. The number of halogens is 3. The second kappa shape index (κ2) is 7.03. The number of carbonyl (C=O) groups is 1. The van der Waals surface area contributed by atoms with Crippen LogP contribution in [0, 0.1) is 0 Å². The maximum absolute atomic E-state index is 12.1. The van der Waals surface area contributed by atoms with Crippen LogP contribution in [0.3, 0.4) is 0 Å². The van der Waals surface area contributed by atoms with E-state index < -0.39 is 12.0 Å². The van der Waals surface area contributed by atoms with Gasteiger partial charge in [0.1, 0.15) is 0 Å². The first-order chi connectivity index (χ1) is 10.0. The molecule has 2 aromatic carbocycles. The van der Waals surface area contributed by atoms with Crippen LogP contribution in [-0.2, 0) is 9.53 Å². The van der Waals surface area contributed by atoms with Crippen molar-refractivity contribution in [3.63, 3.8) is 0 Å². The van der Waals surface area contributed by atoms with Gasteiger partial charge in [-0.1, -0.05) is 46.9 Å². The summed E-state index contributed by atoms with van der Waals surface area (Å²) in [6, 6.07) is 11.2. The molecule has 6 heteroatoms. The lowest BCUT2D eigenvalue weighted by atomic mass is 10.1. The van der Waals surface area contributed by atoms with E-state index in [2.05, 4.69) is 5.32 Å². The van der Waals surface area contributed by atoms with E-state index in [1.54, 1.807) is 42.5 Å². The molecule has 0 aromatic heterocycles. The van der Waals surface area contributed by atoms with Crippen LogP contribution < -0.4 is 5.32 Å². The third-order valence-corrected chi connectivity index (χ3v) is 3.76. The molecule has 3 nitrogen and oxygen atoms in total. The fraction of sp³-hybridized carbons (Fsp3) is 0.133. The van der Waals surface area contributed by atoms with Crippen molar-refractivity contribution in [2.45, 2.75) is 6.04 Å². The maximum atomic E-state index is 12.1. The SMILES string of the molecule is COC(=O)C(Nc1cccc(Cl)c1)c1c(Cl)cccc1Cl. The summed E-state index contributed by atoms with van der Waals surface area (Å²) in [7, 11) is 1.31. The van der Waals surface area contributed by atoms with Gasteiger partial charge in [0.25, 0.3) is 0 Å². The third kappa shape index (κ3) is 3.82. The lowest BCUT2D eigenvalue weighted by molar-refractivity contribution is -0.141.